The topological polar surface area (TPSA) is 71.8 Å². The Kier molecular flexibility index (Phi) is 8.03. The van der Waals surface area contributed by atoms with Crippen LogP contribution in [0.4, 0.5) is 5.82 Å². The molecule has 0 atom stereocenters. The van der Waals surface area contributed by atoms with Crippen LogP contribution >= 0.6 is 27.5 Å². The monoisotopic (exact) mass is 541 g/mol. The number of amides is 1. The number of ether oxygens (including phenoxy) is 1. The van der Waals surface area contributed by atoms with Gasteiger partial charge in [0, 0.05) is 36.8 Å². The summed E-state index contributed by atoms with van der Waals surface area (Å²) in [6.07, 6.45) is 2.83. The van der Waals surface area contributed by atoms with Gasteiger partial charge in [0.2, 0.25) is 5.91 Å². The molecule has 0 unspecified atom stereocenters. The molecule has 4 rings (SSSR count). The summed E-state index contributed by atoms with van der Waals surface area (Å²) in [4.78, 5) is 18.8. The van der Waals surface area contributed by atoms with Crippen LogP contribution in [0.3, 0.4) is 0 Å². The molecule has 0 spiro atoms. The molecule has 7 nitrogen and oxygen atoms in total. The van der Waals surface area contributed by atoms with E-state index in [9.17, 15) is 4.79 Å². The number of para-hydroxylation sites is 1. The Hall–Kier alpha value is -3.10. The molecular weight excluding hydrogens is 518 g/mol. The Balaban J connectivity index is 1.32. The van der Waals surface area contributed by atoms with Crippen molar-refractivity contribution in [2.24, 2.45) is 0 Å². The summed E-state index contributed by atoms with van der Waals surface area (Å²) < 4.78 is 8.17. The summed E-state index contributed by atoms with van der Waals surface area (Å²) in [5, 5.41) is 8.47. The molecule has 0 aliphatic carbocycles. The average Bonchev–Trinajstić information content (AvgIpc) is 3.23. The number of hydrogen-bond acceptors (Lipinski definition) is 5. The van der Waals surface area contributed by atoms with Crippen LogP contribution in [0.15, 0.2) is 71.3 Å². The van der Waals surface area contributed by atoms with E-state index in [4.69, 9.17) is 21.3 Å². The molecule has 2 aromatic heterocycles. The average molecular weight is 543 g/mol. The van der Waals surface area contributed by atoms with E-state index in [2.05, 4.69) is 26.3 Å². The number of nitrogens with one attached hydrogen (secondary N) is 1. The predicted octanol–water partition coefficient (Wildman–Crippen LogP) is 5.54. The van der Waals surface area contributed by atoms with Gasteiger partial charge in [0.1, 0.15) is 11.6 Å². The number of fused-ring (bicyclic) bond motifs is 1. The van der Waals surface area contributed by atoms with Crippen LogP contribution in [0.5, 0.6) is 5.75 Å². The number of hydrogen-bond donors (Lipinski definition) is 1. The SMILES string of the molecule is CN(CCCNc1cc(-c2ccccc2Cl)nc2c(Br)cnn12)C(=O)CCOc1ccccc1. The number of benzene rings is 2. The Morgan fingerprint density at radius 2 is 1.94 bits per heavy atom. The Morgan fingerprint density at radius 1 is 1.18 bits per heavy atom. The van der Waals surface area contributed by atoms with Crippen LogP contribution < -0.4 is 10.1 Å². The molecule has 4 aromatic rings. The Morgan fingerprint density at radius 3 is 2.74 bits per heavy atom. The van der Waals surface area contributed by atoms with E-state index in [-0.39, 0.29) is 5.91 Å². The van der Waals surface area contributed by atoms with Crippen molar-refractivity contribution in [3.05, 3.63) is 76.4 Å². The highest BCUT2D eigenvalue weighted by Gasteiger charge is 2.13. The molecule has 0 radical (unpaired) electrons. The zero-order valence-corrected chi connectivity index (χ0v) is 21.1. The molecule has 34 heavy (non-hydrogen) atoms. The van der Waals surface area contributed by atoms with Gasteiger partial charge in [0.25, 0.3) is 0 Å². The first kappa shape index (κ1) is 24.0. The molecule has 0 aliphatic rings. The number of carbonyl (C=O) groups excluding carboxylic acids is 1. The predicted molar refractivity (Wildman–Crippen MR) is 138 cm³/mol. The third kappa shape index (κ3) is 5.87. The molecule has 0 saturated carbocycles. The maximum absolute atomic E-state index is 12.4. The van der Waals surface area contributed by atoms with E-state index >= 15 is 0 Å². The van der Waals surface area contributed by atoms with Crippen molar-refractivity contribution in [3.63, 3.8) is 0 Å². The van der Waals surface area contributed by atoms with Crippen LogP contribution in [0, 0.1) is 0 Å². The number of anilines is 1. The Labute approximate surface area is 211 Å². The summed E-state index contributed by atoms with van der Waals surface area (Å²) in [6, 6.07) is 19.1. The first-order valence-corrected chi connectivity index (χ1v) is 12.1. The van der Waals surface area contributed by atoms with Crippen LogP contribution in [0.2, 0.25) is 5.02 Å². The van der Waals surface area contributed by atoms with Gasteiger partial charge in [-0.05, 0) is 40.5 Å². The maximum atomic E-state index is 12.4. The van der Waals surface area contributed by atoms with Gasteiger partial charge in [-0.15, -0.1) is 0 Å². The third-order valence-corrected chi connectivity index (χ3v) is 6.20. The van der Waals surface area contributed by atoms with E-state index in [0.29, 0.717) is 36.8 Å². The minimum Gasteiger partial charge on any atom is -0.493 e. The van der Waals surface area contributed by atoms with Gasteiger partial charge in [0.15, 0.2) is 5.65 Å². The van der Waals surface area contributed by atoms with Crippen molar-refractivity contribution in [3.8, 4) is 17.0 Å². The number of aromatic nitrogens is 3. The van der Waals surface area contributed by atoms with Crippen LogP contribution in [-0.4, -0.2) is 52.1 Å². The van der Waals surface area contributed by atoms with Gasteiger partial charge in [-0.1, -0.05) is 48.0 Å². The van der Waals surface area contributed by atoms with Crippen molar-refractivity contribution in [2.45, 2.75) is 12.8 Å². The lowest BCUT2D eigenvalue weighted by molar-refractivity contribution is -0.130. The maximum Gasteiger partial charge on any atom is 0.225 e. The quantitative estimate of drug-likeness (QED) is 0.266. The summed E-state index contributed by atoms with van der Waals surface area (Å²) in [7, 11) is 1.82. The van der Waals surface area contributed by atoms with Crippen molar-refractivity contribution in [1.82, 2.24) is 19.5 Å². The second-order valence-electron chi connectivity index (χ2n) is 7.74. The van der Waals surface area contributed by atoms with Crippen LogP contribution in [0.25, 0.3) is 16.9 Å². The third-order valence-electron chi connectivity index (χ3n) is 5.31. The smallest absolute Gasteiger partial charge is 0.225 e. The number of halogens is 2. The van der Waals surface area contributed by atoms with Gasteiger partial charge in [-0.3, -0.25) is 4.79 Å². The molecule has 1 N–H and O–H groups in total. The standard InChI is InChI=1S/C25H25BrClN5O2/c1-31(24(33)12-15-34-18-8-3-2-4-9-18)14-7-13-28-23-16-22(19-10-5-6-11-21(19)27)30-25-20(26)17-29-32(23)25/h2-6,8-11,16-17,28H,7,12-15H2,1H3. The highest BCUT2D eigenvalue weighted by molar-refractivity contribution is 9.10. The van der Waals surface area contributed by atoms with Gasteiger partial charge in [-0.2, -0.15) is 9.61 Å². The summed E-state index contributed by atoms with van der Waals surface area (Å²) in [6.45, 7) is 1.65. The molecule has 1 amide bonds. The van der Waals surface area contributed by atoms with Crippen LogP contribution in [0.1, 0.15) is 12.8 Å². The van der Waals surface area contributed by atoms with E-state index < -0.39 is 0 Å². The first-order valence-electron chi connectivity index (χ1n) is 11.0. The number of rotatable bonds is 10. The highest BCUT2D eigenvalue weighted by Crippen LogP contribution is 2.30. The summed E-state index contributed by atoms with van der Waals surface area (Å²) >= 11 is 9.91. The van der Waals surface area contributed by atoms with Crippen molar-refractivity contribution >= 4 is 44.9 Å². The largest absolute Gasteiger partial charge is 0.493 e. The zero-order chi connectivity index (χ0) is 23.9. The minimum absolute atomic E-state index is 0.0549. The molecule has 2 heterocycles. The van der Waals surface area contributed by atoms with Gasteiger partial charge in [0.05, 0.1) is 29.4 Å². The summed E-state index contributed by atoms with van der Waals surface area (Å²) in [5.41, 5.74) is 2.31. The van der Waals surface area contributed by atoms with Gasteiger partial charge < -0.3 is 15.0 Å². The van der Waals surface area contributed by atoms with E-state index in [1.165, 1.54) is 0 Å². The fourth-order valence-corrected chi connectivity index (χ4v) is 4.07. The van der Waals surface area contributed by atoms with E-state index in [0.717, 1.165) is 33.7 Å². The number of nitrogens with zero attached hydrogens (tertiary/aromatic N) is 4. The second-order valence-corrected chi connectivity index (χ2v) is 9.00. The lowest BCUT2D eigenvalue weighted by atomic mass is 10.1. The highest BCUT2D eigenvalue weighted by atomic mass is 79.9. The fourth-order valence-electron chi connectivity index (χ4n) is 3.49. The van der Waals surface area contributed by atoms with Gasteiger partial charge >= 0.3 is 0 Å². The molecule has 0 fully saturated rings. The Bertz CT molecular complexity index is 1260. The minimum atomic E-state index is 0.0549. The molecular formula is C25H25BrClN5O2. The second kappa shape index (κ2) is 11.4. The van der Waals surface area contributed by atoms with Crippen molar-refractivity contribution in [1.29, 1.82) is 0 Å². The fraction of sp³-hybridized carbons (Fsp3) is 0.240. The molecule has 0 bridgehead atoms. The molecule has 9 heteroatoms. The summed E-state index contributed by atoms with van der Waals surface area (Å²) in [5.74, 6) is 1.63. The van der Waals surface area contributed by atoms with E-state index in [1.54, 1.807) is 15.6 Å². The van der Waals surface area contributed by atoms with Crippen LogP contribution in [-0.2, 0) is 4.79 Å². The molecule has 176 valence electrons. The van der Waals surface area contributed by atoms with Gasteiger partial charge in [-0.25, -0.2) is 4.98 Å². The lowest BCUT2D eigenvalue weighted by Gasteiger charge is -2.18. The van der Waals surface area contributed by atoms with E-state index in [1.807, 2.05) is 67.7 Å². The first-order chi connectivity index (χ1) is 16.5. The van der Waals surface area contributed by atoms with Crippen molar-refractivity contribution in [2.75, 3.05) is 32.1 Å². The van der Waals surface area contributed by atoms with Crippen molar-refractivity contribution < 1.29 is 9.53 Å². The number of carbonyl (C=O) groups is 1. The molecule has 0 saturated heterocycles. The normalized spacial score (nSPS) is 10.9. The molecule has 2 aromatic carbocycles. The lowest BCUT2D eigenvalue weighted by Crippen LogP contribution is -2.30. The molecule has 0 aliphatic heterocycles. The zero-order valence-electron chi connectivity index (χ0n) is 18.7.